The number of allylic oxidation sites excluding steroid dienone is 2. The summed E-state index contributed by atoms with van der Waals surface area (Å²) in [6.45, 7) is 6.66. The largest absolute Gasteiger partial charge is 0.462 e. The van der Waals surface area contributed by atoms with Crippen molar-refractivity contribution in [3.8, 4) is 0 Å². The normalized spacial score (nSPS) is 46.2. The lowest BCUT2D eigenvalue weighted by Crippen LogP contribution is -2.49. The molecule has 4 aliphatic carbocycles. The third-order valence-electron chi connectivity index (χ3n) is 8.58. The van der Waals surface area contributed by atoms with Gasteiger partial charge >= 0.3 is 5.97 Å². The summed E-state index contributed by atoms with van der Waals surface area (Å²) in [5.41, 5.74) is 3.68. The number of hydrogen-bond donors (Lipinski definition) is 1. The van der Waals surface area contributed by atoms with Gasteiger partial charge in [-0.1, -0.05) is 37.1 Å². The van der Waals surface area contributed by atoms with E-state index in [-0.39, 0.29) is 18.7 Å². The van der Waals surface area contributed by atoms with Crippen molar-refractivity contribution in [2.24, 2.45) is 28.6 Å². The Kier molecular flexibility index (Phi) is 4.58. The zero-order valence-corrected chi connectivity index (χ0v) is 16.6. The number of aliphatic hydroxyl groups excluding tert-OH is 1. The first-order chi connectivity index (χ1) is 12.4. The highest BCUT2D eigenvalue weighted by molar-refractivity contribution is 5.66. The molecule has 6 atom stereocenters. The molecule has 26 heavy (non-hydrogen) atoms. The number of esters is 1. The van der Waals surface area contributed by atoms with Crippen LogP contribution in [-0.4, -0.2) is 23.8 Å². The summed E-state index contributed by atoms with van der Waals surface area (Å²) < 4.78 is 5.54. The van der Waals surface area contributed by atoms with Gasteiger partial charge < -0.3 is 9.84 Å². The van der Waals surface area contributed by atoms with Crippen LogP contribution in [0.25, 0.3) is 0 Å². The third kappa shape index (κ3) is 2.69. The van der Waals surface area contributed by atoms with Crippen LogP contribution >= 0.6 is 0 Å². The Balaban J connectivity index is 1.59. The number of carbonyl (C=O) groups is 1. The Morgan fingerprint density at radius 1 is 1.23 bits per heavy atom. The SMILES string of the molecule is CC(=O)OC1CCC2(C)C(=CCC3C4CCC(=CCO)C4(C)CCC32)C1. The van der Waals surface area contributed by atoms with E-state index in [1.165, 1.54) is 44.6 Å². The van der Waals surface area contributed by atoms with Crippen molar-refractivity contribution in [3.05, 3.63) is 23.3 Å². The average Bonchev–Trinajstić information content (AvgIpc) is 2.92. The van der Waals surface area contributed by atoms with Crippen LogP contribution in [0.3, 0.4) is 0 Å². The van der Waals surface area contributed by atoms with E-state index in [9.17, 15) is 9.90 Å². The van der Waals surface area contributed by atoms with Crippen LogP contribution in [0.1, 0.15) is 72.1 Å². The minimum atomic E-state index is -0.143. The Bertz CT molecular complexity index is 648. The van der Waals surface area contributed by atoms with Gasteiger partial charge in [0.25, 0.3) is 0 Å². The van der Waals surface area contributed by atoms with E-state index in [1.54, 1.807) is 5.57 Å². The average molecular weight is 359 g/mol. The van der Waals surface area contributed by atoms with Gasteiger partial charge in [0.05, 0.1) is 6.61 Å². The standard InChI is InChI=1S/C23H34O3/c1-15(25)26-18-8-11-23(3)17(14-18)4-6-19-20-7-5-16(10-13-24)22(20,2)12-9-21(19)23/h4,10,18-21,24H,5-9,11-14H2,1-3H3. The zero-order chi connectivity index (χ0) is 18.5. The summed E-state index contributed by atoms with van der Waals surface area (Å²) in [5, 5.41) is 9.42. The van der Waals surface area contributed by atoms with Gasteiger partial charge in [0, 0.05) is 13.3 Å². The summed E-state index contributed by atoms with van der Waals surface area (Å²) in [7, 11) is 0. The molecule has 0 aliphatic heterocycles. The lowest BCUT2D eigenvalue weighted by atomic mass is 9.48. The van der Waals surface area contributed by atoms with Crippen LogP contribution in [-0.2, 0) is 9.53 Å². The fraction of sp³-hybridized carbons (Fsp3) is 0.783. The Morgan fingerprint density at radius 3 is 2.69 bits per heavy atom. The number of fused-ring (bicyclic) bond motifs is 5. The van der Waals surface area contributed by atoms with Gasteiger partial charge in [0.2, 0.25) is 0 Å². The molecule has 0 aromatic carbocycles. The first kappa shape index (κ1) is 18.3. The predicted octanol–water partition coefficient (Wildman–Crippen LogP) is 4.80. The summed E-state index contributed by atoms with van der Waals surface area (Å²) in [4.78, 5) is 11.4. The van der Waals surface area contributed by atoms with Gasteiger partial charge in [-0.3, -0.25) is 4.79 Å². The Labute approximate surface area is 157 Å². The van der Waals surface area contributed by atoms with E-state index in [0.29, 0.717) is 10.8 Å². The van der Waals surface area contributed by atoms with Crippen molar-refractivity contribution in [1.82, 2.24) is 0 Å². The van der Waals surface area contributed by atoms with Gasteiger partial charge in [-0.25, -0.2) is 0 Å². The third-order valence-corrected chi connectivity index (χ3v) is 8.58. The number of rotatable bonds is 2. The molecular formula is C23H34O3. The number of hydrogen-bond acceptors (Lipinski definition) is 3. The molecule has 0 heterocycles. The molecule has 0 radical (unpaired) electrons. The van der Waals surface area contributed by atoms with Crippen molar-refractivity contribution in [3.63, 3.8) is 0 Å². The van der Waals surface area contributed by atoms with Crippen molar-refractivity contribution < 1.29 is 14.6 Å². The van der Waals surface area contributed by atoms with Crippen LogP contribution < -0.4 is 0 Å². The molecule has 4 rings (SSSR count). The number of aliphatic hydroxyl groups is 1. The molecule has 4 aliphatic rings. The lowest BCUT2D eigenvalue weighted by molar-refractivity contribution is -0.148. The Hall–Kier alpha value is -1.09. The highest BCUT2D eigenvalue weighted by Gasteiger charge is 2.57. The summed E-state index contributed by atoms with van der Waals surface area (Å²) in [5.74, 6) is 2.17. The summed E-state index contributed by atoms with van der Waals surface area (Å²) >= 11 is 0. The van der Waals surface area contributed by atoms with E-state index in [2.05, 4.69) is 26.0 Å². The molecule has 0 spiro atoms. The molecule has 0 saturated heterocycles. The molecule has 3 saturated carbocycles. The minimum Gasteiger partial charge on any atom is -0.462 e. The van der Waals surface area contributed by atoms with E-state index in [0.717, 1.165) is 37.0 Å². The summed E-state index contributed by atoms with van der Waals surface area (Å²) in [6, 6.07) is 0. The first-order valence-corrected chi connectivity index (χ1v) is 10.6. The van der Waals surface area contributed by atoms with Crippen LogP contribution in [0.5, 0.6) is 0 Å². The fourth-order valence-corrected chi connectivity index (χ4v) is 7.26. The maximum atomic E-state index is 11.4. The van der Waals surface area contributed by atoms with Crippen LogP contribution in [0.4, 0.5) is 0 Å². The molecule has 0 amide bonds. The predicted molar refractivity (Wildman–Crippen MR) is 102 cm³/mol. The van der Waals surface area contributed by atoms with Crippen molar-refractivity contribution in [1.29, 1.82) is 0 Å². The quantitative estimate of drug-likeness (QED) is 0.570. The van der Waals surface area contributed by atoms with Crippen LogP contribution in [0.2, 0.25) is 0 Å². The minimum absolute atomic E-state index is 0.0859. The molecule has 1 N–H and O–H groups in total. The molecule has 0 aromatic rings. The highest BCUT2D eigenvalue weighted by Crippen LogP contribution is 2.66. The molecule has 3 nitrogen and oxygen atoms in total. The van der Waals surface area contributed by atoms with Gasteiger partial charge in [-0.05, 0) is 73.5 Å². The second-order valence-corrected chi connectivity index (χ2v) is 9.64. The molecule has 0 bridgehead atoms. The van der Waals surface area contributed by atoms with Crippen molar-refractivity contribution in [2.75, 3.05) is 6.61 Å². The number of carbonyl (C=O) groups excluding carboxylic acids is 1. The molecule has 3 fully saturated rings. The highest BCUT2D eigenvalue weighted by atomic mass is 16.5. The van der Waals surface area contributed by atoms with E-state index >= 15 is 0 Å². The van der Waals surface area contributed by atoms with Gasteiger partial charge in [0.15, 0.2) is 0 Å². The topological polar surface area (TPSA) is 46.5 Å². The lowest BCUT2D eigenvalue weighted by Gasteiger charge is -2.57. The van der Waals surface area contributed by atoms with E-state index in [4.69, 9.17) is 4.74 Å². The van der Waals surface area contributed by atoms with E-state index < -0.39 is 0 Å². The van der Waals surface area contributed by atoms with Gasteiger partial charge in [-0.15, -0.1) is 0 Å². The molecule has 0 aromatic heterocycles. The second kappa shape index (κ2) is 6.51. The maximum Gasteiger partial charge on any atom is 0.302 e. The molecular weight excluding hydrogens is 324 g/mol. The zero-order valence-electron chi connectivity index (χ0n) is 16.6. The number of ether oxygens (including phenoxy) is 1. The fourth-order valence-electron chi connectivity index (χ4n) is 7.26. The molecule has 144 valence electrons. The molecule has 6 unspecified atom stereocenters. The Morgan fingerprint density at radius 2 is 1.96 bits per heavy atom. The van der Waals surface area contributed by atoms with Crippen LogP contribution in [0.15, 0.2) is 23.3 Å². The monoisotopic (exact) mass is 358 g/mol. The summed E-state index contributed by atoms with van der Waals surface area (Å²) in [6.07, 6.45) is 14.0. The smallest absolute Gasteiger partial charge is 0.302 e. The second-order valence-electron chi connectivity index (χ2n) is 9.64. The van der Waals surface area contributed by atoms with Gasteiger partial charge in [0.1, 0.15) is 6.10 Å². The van der Waals surface area contributed by atoms with Gasteiger partial charge in [-0.2, -0.15) is 0 Å². The maximum absolute atomic E-state index is 11.4. The van der Waals surface area contributed by atoms with Crippen molar-refractivity contribution >= 4 is 5.97 Å². The van der Waals surface area contributed by atoms with E-state index in [1.807, 2.05) is 0 Å². The van der Waals surface area contributed by atoms with Crippen LogP contribution in [0, 0.1) is 28.6 Å². The first-order valence-electron chi connectivity index (χ1n) is 10.6. The van der Waals surface area contributed by atoms with Crippen molar-refractivity contribution in [2.45, 2.75) is 78.2 Å². The molecule has 3 heteroatoms.